The van der Waals surface area contributed by atoms with Crippen LogP contribution in [0.2, 0.25) is 10.0 Å². The van der Waals surface area contributed by atoms with Crippen molar-refractivity contribution in [3.63, 3.8) is 0 Å². The van der Waals surface area contributed by atoms with E-state index in [1.165, 1.54) is 19.2 Å². The van der Waals surface area contributed by atoms with Crippen LogP contribution >= 0.6 is 23.2 Å². The highest BCUT2D eigenvalue weighted by atomic mass is 35.5. The predicted molar refractivity (Wildman–Crippen MR) is 105 cm³/mol. The second-order valence-corrected chi connectivity index (χ2v) is 7.03. The molecule has 1 atom stereocenters. The minimum atomic E-state index is -0.523. The Kier molecular flexibility index (Phi) is 7.01. The molecule has 0 aliphatic heterocycles. The number of carbonyl (C=O) groups excluding carboxylic acids is 1. The van der Waals surface area contributed by atoms with E-state index >= 15 is 0 Å². The van der Waals surface area contributed by atoms with Crippen molar-refractivity contribution in [2.75, 3.05) is 26.0 Å². The molecule has 9 heteroatoms. The monoisotopic (exact) mass is 412 g/mol. The summed E-state index contributed by atoms with van der Waals surface area (Å²) in [5, 5.41) is 14.9. The smallest absolute Gasteiger partial charge is 0.311 e. The number of hydrogen-bond acceptors (Lipinski definition) is 4. The molecule has 0 radical (unpaired) electrons. The fourth-order valence-corrected chi connectivity index (χ4v) is 3.11. The Bertz CT molecular complexity index is 874. The molecule has 0 aliphatic carbocycles. The lowest BCUT2D eigenvalue weighted by Crippen LogP contribution is -3.08. The second-order valence-electron chi connectivity index (χ2n) is 6.19. The Balaban J connectivity index is 2.05. The number of aryl methyl sites for hydroxylation is 1. The van der Waals surface area contributed by atoms with Gasteiger partial charge in [-0.1, -0.05) is 29.3 Å². The molecule has 0 bridgehead atoms. The van der Waals surface area contributed by atoms with E-state index in [4.69, 9.17) is 27.9 Å². The summed E-state index contributed by atoms with van der Waals surface area (Å²) in [6.45, 7) is 2.43. The zero-order chi connectivity index (χ0) is 20.1. The van der Waals surface area contributed by atoms with Crippen LogP contribution in [-0.4, -0.2) is 31.5 Å². The number of nitrogens with one attached hydrogen (secondary N) is 2. The maximum absolute atomic E-state index is 12.4. The number of carbonyl (C=O) groups is 1. The lowest BCUT2D eigenvalue weighted by molar-refractivity contribution is -0.885. The van der Waals surface area contributed by atoms with Crippen LogP contribution in [0.4, 0.5) is 11.4 Å². The molecular weight excluding hydrogens is 393 g/mol. The van der Waals surface area contributed by atoms with Gasteiger partial charge in [0, 0.05) is 28.4 Å². The van der Waals surface area contributed by atoms with Crippen LogP contribution in [0.5, 0.6) is 5.75 Å². The van der Waals surface area contributed by atoms with Crippen LogP contribution in [0.1, 0.15) is 11.1 Å². The molecule has 0 fully saturated rings. The van der Waals surface area contributed by atoms with Crippen molar-refractivity contribution in [3.05, 3.63) is 61.6 Å². The molecule has 2 rings (SSSR count). The molecule has 2 aromatic rings. The number of nitro groups is 1. The number of rotatable bonds is 7. The number of methoxy groups -OCH3 is 1. The number of ether oxygens (including phenoxy) is 1. The van der Waals surface area contributed by atoms with Crippen LogP contribution in [0.3, 0.4) is 0 Å². The molecule has 0 saturated carbocycles. The average Bonchev–Trinajstić information content (AvgIpc) is 2.58. The lowest BCUT2D eigenvalue weighted by atomic mass is 10.1. The third kappa shape index (κ3) is 5.56. The van der Waals surface area contributed by atoms with Gasteiger partial charge in [-0.15, -0.1) is 0 Å². The first-order valence-electron chi connectivity index (χ1n) is 8.09. The van der Waals surface area contributed by atoms with Crippen molar-refractivity contribution in [1.82, 2.24) is 0 Å². The summed E-state index contributed by atoms with van der Waals surface area (Å²) < 4.78 is 5.04. The van der Waals surface area contributed by atoms with E-state index < -0.39 is 4.92 Å². The molecule has 2 aromatic carbocycles. The molecule has 0 aliphatic rings. The van der Waals surface area contributed by atoms with Gasteiger partial charge in [-0.2, -0.15) is 0 Å². The van der Waals surface area contributed by atoms with Gasteiger partial charge in [0.1, 0.15) is 6.54 Å². The van der Waals surface area contributed by atoms with Crippen LogP contribution in [0, 0.1) is 17.0 Å². The number of likely N-dealkylation sites (N-methyl/N-ethyl adjacent to an activating group) is 1. The number of amides is 1. The Labute approximate surface area is 167 Å². The highest BCUT2D eigenvalue weighted by Gasteiger charge is 2.19. The number of benzene rings is 2. The topological polar surface area (TPSA) is 85.9 Å². The highest BCUT2D eigenvalue weighted by molar-refractivity contribution is 6.35. The number of nitrogens with zero attached hydrogens (tertiary/aromatic N) is 1. The number of quaternary nitrogens is 1. The maximum atomic E-state index is 12.4. The van der Waals surface area contributed by atoms with Crippen LogP contribution < -0.4 is 15.0 Å². The molecule has 27 heavy (non-hydrogen) atoms. The maximum Gasteiger partial charge on any atom is 0.311 e. The zero-order valence-electron chi connectivity index (χ0n) is 15.1. The van der Waals surface area contributed by atoms with Crippen LogP contribution in [0.15, 0.2) is 30.3 Å². The van der Waals surface area contributed by atoms with Gasteiger partial charge in [-0.3, -0.25) is 14.9 Å². The minimum Gasteiger partial charge on any atom is -0.490 e. The summed E-state index contributed by atoms with van der Waals surface area (Å²) in [5.41, 5.74) is 1.79. The number of anilines is 1. The summed E-state index contributed by atoms with van der Waals surface area (Å²) in [7, 11) is 3.21. The average molecular weight is 413 g/mol. The largest absolute Gasteiger partial charge is 0.490 e. The first kappa shape index (κ1) is 21.0. The minimum absolute atomic E-state index is 0.0922. The Hall–Kier alpha value is -2.35. The van der Waals surface area contributed by atoms with Crippen LogP contribution in [0.25, 0.3) is 0 Å². The summed E-state index contributed by atoms with van der Waals surface area (Å²) in [4.78, 5) is 23.8. The number of halogens is 2. The quantitative estimate of drug-likeness (QED) is 0.540. The van der Waals surface area contributed by atoms with Gasteiger partial charge in [0.15, 0.2) is 12.3 Å². The van der Waals surface area contributed by atoms with Gasteiger partial charge in [0.2, 0.25) is 0 Å². The Morgan fingerprint density at radius 1 is 1.30 bits per heavy atom. The molecule has 0 aromatic heterocycles. The first-order chi connectivity index (χ1) is 12.7. The van der Waals surface area contributed by atoms with Crippen molar-refractivity contribution in [2.24, 2.45) is 0 Å². The number of nitro benzene ring substituents is 1. The van der Waals surface area contributed by atoms with E-state index in [0.717, 1.165) is 10.5 Å². The number of hydrogen-bond donors (Lipinski definition) is 2. The molecule has 7 nitrogen and oxygen atoms in total. The Morgan fingerprint density at radius 2 is 2.00 bits per heavy atom. The van der Waals surface area contributed by atoms with E-state index in [1.807, 2.05) is 13.1 Å². The van der Waals surface area contributed by atoms with Gasteiger partial charge in [-0.25, -0.2) is 0 Å². The third-order valence-corrected chi connectivity index (χ3v) is 4.55. The van der Waals surface area contributed by atoms with E-state index in [0.29, 0.717) is 27.8 Å². The standard InChI is InChI=1S/C18H19Cl2N3O4/c1-11-6-16(23(25)26)17(27-3)8-15(11)21-18(24)10-22(2)9-12-4-5-13(19)7-14(12)20/h4-8H,9-10H2,1-3H3,(H,21,24)/p+1. The lowest BCUT2D eigenvalue weighted by Gasteiger charge is -2.16. The van der Waals surface area contributed by atoms with Crippen molar-refractivity contribution in [3.8, 4) is 5.75 Å². The fourth-order valence-electron chi connectivity index (χ4n) is 2.63. The van der Waals surface area contributed by atoms with E-state index in [1.54, 1.807) is 19.1 Å². The first-order valence-corrected chi connectivity index (χ1v) is 8.85. The highest BCUT2D eigenvalue weighted by Crippen LogP contribution is 2.32. The molecule has 144 valence electrons. The summed E-state index contributed by atoms with van der Waals surface area (Å²) in [5.74, 6) is -0.133. The van der Waals surface area contributed by atoms with E-state index in [2.05, 4.69) is 5.32 Å². The van der Waals surface area contributed by atoms with Crippen molar-refractivity contribution in [1.29, 1.82) is 0 Å². The second kappa shape index (κ2) is 9.03. The third-order valence-electron chi connectivity index (χ3n) is 3.97. The van der Waals surface area contributed by atoms with Gasteiger partial charge in [0.05, 0.1) is 24.1 Å². The normalized spacial score (nSPS) is 11.7. The summed E-state index contributed by atoms with van der Waals surface area (Å²) in [6, 6.07) is 8.08. The predicted octanol–water partition coefficient (Wildman–Crippen LogP) is 2.87. The fraction of sp³-hybridized carbons (Fsp3) is 0.278. The molecule has 0 spiro atoms. The molecule has 1 unspecified atom stereocenters. The summed E-state index contributed by atoms with van der Waals surface area (Å²) >= 11 is 12.1. The van der Waals surface area contributed by atoms with E-state index in [9.17, 15) is 14.9 Å². The van der Waals surface area contributed by atoms with Gasteiger partial charge in [-0.05, 0) is 24.6 Å². The molecule has 1 amide bonds. The van der Waals surface area contributed by atoms with Crippen molar-refractivity contribution < 1.29 is 19.4 Å². The van der Waals surface area contributed by atoms with E-state index in [-0.39, 0.29) is 23.9 Å². The summed E-state index contributed by atoms with van der Waals surface area (Å²) in [6.07, 6.45) is 0. The van der Waals surface area contributed by atoms with Crippen molar-refractivity contribution >= 4 is 40.5 Å². The zero-order valence-corrected chi connectivity index (χ0v) is 16.6. The molecule has 2 N–H and O–H groups in total. The molecule has 0 heterocycles. The van der Waals surface area contributed by atoms with Gasteiger partial charge < -0.3 is 15.0 Å². The van der Waals surface area contributed by atoms with Gasteiger partial charge in [0.25, 0.3) is 5.91 Å². The van der Waals surface area contributed by atoms with Crippen LogP contribution in [-0.2, 0) is 11.3 Å². The molecular formula is C18H20Cl2N3O4+. The molecule has 0 saturated heterocycles. The Morgan fingerprint density at radius 3 is 2.59 bits per heavy atom. The SMILES string of the molecule is COc1cc(NC(=O)C[NH+](C)Cc2ccc(Cl)cc2Cl)c(C)cc1[N+](=O)[O-]. The van der Waals surface area contributed by atoms with Crippen molar-refractivity contribution in [2.45, 2.75) is 13.5 Å². The van der Waals surface area contributed by atoms with Gasteiger partial charge >= 0.3 is 5.69 Å².